The van der Waals surface area contributed by atoms with Gasteiger partial charge in [-0.3, -0.25) is 9.59 Å². The zero-order valence-electron chi connectivity index (χ0n) is 20.8. The first-order valence-electron chi connectivity index (χ1n) is 12.3. The summed E-state index contributed by atoms with van der Waals surface area (Å²) in [5.74, 6) is -1.13. The van der Waals surface area contributed by atoms with Crippen molar-refractivity contribution < 1.29 is 24.2 Å². The Labute approximate surface area is 207 Å². The molecule has 1 unspecified atom stereocenters. The van der Waals surface area contributed by atoms with E-state index in [2.05, 4.69) is 34.9 Å². The number of aliphatic carboxylic acids is 1. The summed E-state index contributed by atoms with van der Waals surface area (Å²) in [5, 5.41) is 14.5. The lowest BCUT2D eigenvalue weighted by Crippen LogP contribution is -2.34. The zero-order chi connectivity index (χ0) is 25.4. The number of carbonyl (C=O) groups excluding carboxylic acids is 2. The molecule has 0 aromatic heterocycles. The summed E-state index contributed by atoms with van der Waals surface area (Å²) in [6, 6.07) is 16.4. The second-order valence-corrected chi connectivity index (χ2v) is 10.0. The van der Waals surface area contributed by atoms with Crippen LogP contribution >= 0.6 is 0 Å². The number of rotatable bonds is 12. The molecule has 0 saturated carbocycles. The largest absolute Gasteiger partial charge is 0.481 e. The van der Waals surface area contributed by atoms with Crippen molar-refractivity contribution >= 4 is 18.0 Å². The number of alkyl carbamates (subject to hydrolysis) is 1. The van der Waals surface area contributed by atoms with E-state index in [4.69, 9.17) is 9.84 Å². The van der Waals surface area contributed by atoms with Crippen LogP contribution in [0, 0.1) is 11.3 Å². The number of carboxylic acid groups (broad SMARTS) is 1. The summed E-state index contributed by atoms with van der Waals surface area (Å²) in [5.41, 5.74) is 4.54. The fourth-order valence-corrected chi connectivity index (χ4v) is 4.44. The molecule has 0 aliphatic heterocycles. The smallest absolute Gasteiger partial charge is 0.407 e. The number of benzene rings is 2. The molecule has 1 atom stereocenters. The Morgan fingerprint density at radius 3 is 2.14 bits per heavy atom. The summed E-state index contributed by atoms with van der Waals surface area (Å²) >= 11 is 0. The average molecular weight is 481 g/mol. The molecule has 0 heterocycles. The van der Waals surface area contributed by atoms with Gasteiger partial charge in [-0.1, -0.05) is 69.3 Å². The minimum Gasteiger partial charge on any atom is -0.481 e. The van der Waals surface area contributed by atoms with E-state index < -0.39 is 12.1 Å². The summed E-state index contributed by atoms with van der Waals surface area (Å²) in [6.07, 6.45) is 1.41. The fraction of sp³-hybridized carbons (Fsp3) is 0.464. The van der Waals surface area contributed by atoms with E-state index in [9.17, 15) is 14.4 Å². The molecule has 7 heteroatoms. The molecule has 3 rings (SSSR count). The second-order valence-electron chi connectivity index (χ2n) is 10.0. The van der Waals surface area contributed by atoms with Gasteiger partial charge in [-0.05, 0) is 46.9 Å². The van der Waals surface area contributed by atoms with Crippen LogP contribution in [0.15, 0.2) is 48.5 Å². The molecule has 0 bridgehead atoms. The molecule has 0 spiro atoms. The predicted molar refractivity (Wildman–Crippen MR) is 135 cm³/mol. The lowest BCUT2D eigenvalue weighted by atomic mass is 9.84. The van der Waals surface area contributed by atoms with Gasteiger partial charge < -0.3 is 20.5 Å². The number of nitrogens with one attached hydrogen (secondary N) is 2. The number of hydrogen-bond acceptors (Lipinski definition) is 4. The predicted octanol–water partition coefficient (Wildman–Crippen LogP) is 4.95. The maximum Gasteiger partial charge on any atom is 0.407 e. The molecule has 35 heavy (non-hydrogen) atoms. The highest BCUT2D eigenvalue weighted by Gasteiger charge is 2.29. The van der Waals surface area contributed by atoms with E-state index in [1.165, 1.54) is 11.1 Å². The minimum atomic E-state index is -0.806. The molecule has 7 nitrogen and oxygen atoms in total. The van der Waals surface area contributed by atoms with Crippen molar-refractivity contribution in [1.29, 1.82) is 0 Å². The fourth-order valence-electron chi connectivity index (χ4n) is 4.44. The number of fused-ring (bicyclic) bond motifs is 3. The normalized spacial score (nSPS) is 13.5. The Hall–Kier alpha value is -3.35. The molecule has 2 amide bonds. The molecule has 1 aliphatic rings. The maximum absolute atomic E-state index is 12.4. The number of hydrogen-bond donors (Lipinski definition) is 3. The Balaban J connectivity index is 1.37. The number of carboxylic acids is 1. The highest BCUT2D eigenvalue weighted by atomic mass is 16.5. The van der Waals surface area contributed by atoms with Crippen molar-refractivity contribution in [2.45, 2.75) is 52.4 Å². The van der Waals surface area contributed by atoms with Crippen LogP contribution in [-0.4, -0.2) is 42.8 Å². The lowest BCUT2D eigenvalue weighted by Gasteiger charge is -2.24. The van der Waals surface area contributed by atoms with Gasteiger partial charge in [-0.25, -0.2) is 4.79 Å². The third-order valence-corrected chi connectivity index (χ3v) is 6.75. The average Bonchev–Trinajstić information content (AvgIpc) is 3.15. The first-order valence-corrected chi connectivity index (χ1v) is 12.3. The Morgan fingerprint density at radius 2 is 1.54 bits per heavy atom. The molecular formula is C28H36N2O5. The molecular weight excluding hydrogens is 444 g/mol. The molecule has 2 aromatic carbocycles. The number of carbonyl (C=O) groups is 3. The maximum atomic E-state index is 12.4. The summed E-state index contributed by atoms with van der Waals surface area (Å²) < 4.78 is 5.53. The van der Waals surface area contributed by atoms with Crippen molar-refractivity contribution in [3.8, 4) is 11.1 Å². The highest BCUT2D eigenvalue weighted by Crippen LogP contribution is 2.44. The van der Waals surface area contributed by atoms with Crippen LogP contribution < -0.4 is 10.6 Å². The van der Waals surface area contributed by atoms with Crippen molar-refractivity contribution in [1.82, 2.24) is 10.6 Å². The lowest BCUT2D eigenvalue weighted by molar-refractivity contribution is -0.137. The monoisotopic (exact) mass is 480 g/mol. The van der Waals surface area contributed by atoms with Gasteiger partial charge in [-0.2, -0.15) is 0 Å². The van der Waals surface area contributed by atoms with Crippen molar-refractivity contribution in [3.05, 3.63) is 59.7 Å². The summed E-state index contributed by atoms with van der Waals surface area (Å²) in [6.45, 7) is 6.93. The number of amides is 2. The molecule has 188 valence electrons. The van der Waals surface area contributed by atoms with Crippen LogP contribution in [0.25, 0.3) is 11.1 Å². The van der Waals surface area contributed by atoms with Gasteiger partial charge in [0.25, 0.3) is 0 Å². The van der Waals surface area contributed by atoms with Gasteiger partial charge in [-0.15, -0.1) is 0 Å². The first-order chi connectivity index (χ1) is 16.7. The van der Waals surface area contributed by atoms with Crippen LogP contribution in [0.2, 0.25) is 0 Å². The van der Waals surface area contributed by atoms with Crippen LogP contribution in [0.4, 0.5) is 4.79 Å². The molecule has 0 saturated heterocycles. The third kappa shape index (κ3) is 7.31. The molecule has 3 N–H and O–H groups in total. The van der Waals surface area contributed by atoms with Gasteiger partial charge in [0.15, 0.2) is 0 Å². The standard InChI is InChI=1S/C28H36N2O5/c1-19(26(33)29-17-15-28(2,3)14-12-25(31)32)13-16-30-27(34)35-18-24-22-10-6-4-8-20(22)21-9-5-7-11-23(21)24/h4-11,19,24H,12-18H2,1-3H3,(H,29,33)(H,30,34)(H,31,32). The van der Waals surface area contributed by atoms with Gasteiger partial charge >= 0.3 is 12.1 Å². The first kappa shape index (κ1) is 26.3. The second kappa shape index (κ2) is 11.9. The molecule has 1 aliphatic carbocycles. The summed E-state index contributed by atoms with van der Waals surface area (Å²) in [4.78, 5) is 35.4. The van der Waals surface area contributed by atoms with Gasteiger partial charge in [0.2, 0.25) is 5.91 Å². The zero-order valence-corrected chi connectivity index (χ0v) is 20.8. The summed E-state index contributed by atoms with van der Waals surface area (Å²) in [7, 11) is 0. The van der Waals surface area contributed by atoms with Crippen molar-refractivity contribution in [2.75, 3.05) is 19.7 Å². The quantitative estimate of drug-likeness (QED) is 0.399. The molecule has 0 radical (unpaired) electrons. The van der Waals surface area contributed by atoms with E-state index in [0.717, 1.165) is 11.1 Å². The topological polar surface area (TPSA) is 105 Å². The molecule has 2 aromatic rings. The Bertz CT molecular complexity index is 1000. The van der Waals surface area contributed by atoms with Crippen LogP contribution in [0.5, 0.6) is 0 Å². The van der Waals surface area contributed by atoms with Crippen molar-refractivity contribution in [3.63, 3.8) is 0 Å². The van der Waals surface area contributed by atoms with Gasteiger partial charge in [0.05, 0.1) is 0 Å². The van der Waals surface area contributed by atoms with Crippen LogP contribution in [0.1, 0.15) is 63.5 Å². The SMILES string of the molecule is CC(CCNC(=O)OCC1c2ccccc2-c2ccccc21)C(=O)NCCC(C)(C)CCC(=O)O. The van der Waals surface area contributed by atoms with Crippen molar-refractivity contribution in [2.24, 2.45) is 11.3 Å². The van der Waals surface area contributed by atoms with E-state index in [0.29, 0.717) is 32.4 Å². The Kier molecular flexibility index (Phi) is 8.90. The third-order valence-electron chi connectivity index (χ3n) is 6.75. The van der Waals surface area contributed by atoms with E-state index in [-0.39, 0.29) is 36.2 Å². The van der Waals surface area contributed by atoms with Crippen LogP contribution in [-0.2, 0) is 14.3 Å². The van der Waals surface area contributed by atoms with Gasteiger partial charge in [0, 0.05) is 31.3 Å². The van der Waals surface area contributed by atoms with E-state index in [1.807, 2.05) is 45.0 Å². The van der Waals surface area contributed by atoms with E-state index >= 15 is 0 Å². The van der Waals surface area contributed by atoms with Gasteiger partial charge in [0.1, 0.15) is 6.61 Å². The minimum absolute atomic E-state index is 0.0117. The highest BCUT2D eigenvalue weighted by molar-refractivity contribution is 5.79. The van der Waals surface area contributed by atoms with E-state index in [1.54, 1.807) is 0 Å². The number of ether oxygens (including phenoxy) is 1. The Morgan fingerprint density at radius 1 is 0.943 bits per heavy atom. The van der Waals surface area contributed by atoms with Crippen LogP contribution in [0.3, 0.4) is 0 Å². The molecule has 0 fully saturated rings.